The number of hydrogen-bond acceptors (Lipinski definition) is 4. The lowest BCUT2D eigenvalue weighted by Gasteiger charge is -2.14. The zero-order valence-corrected chi connectivity index (χ0v) is 17.6. The van der Waals surface area contributed by atoms with Gasteiger partial charge >= 0.3 is 0 Å². The van der Waals surface area contributed by atoms with Crippen molar-refractivity contribution in [2.75, 3.05) is 5.32 Å². The molecule has 4 rings (SSSR count). The van der Waals surface area contributed by atoms with Crippen molar-refractivity contribution in [3.05, 3.63) is 90.2 Å². The third-order valence-corrected chi connectivity index (χ3v) is 5.63. The Morgan fingerprint density at radius 2 is 1.62 bits per heavy atom. The molecule has 1 heterocycles. The van der Waals surface area contributed by atoms with Crippen molar-refractivity contribution in [3.63, 3.8) is 0 Å². The number of nitrogens with zero attached hydrogens (tertiary/aromatic N) is 3. The molecule has 5 nitrogen and oxygen atoms in total. The van der Waals surface area contributed by atoms with Crippen molar-refractivity contribution in [1.82, 2.24) is 14.8 Å². The van der Waals surface area contributed by atoms with Crippen LogP contribution >= 0.6 is 11.8 Å². The zero-order valence-electron chi connectivity index (χ0n) is 16.8. The molecule has 1 aromatic heterocycles. The first-order chi connectivity index (χ1) is 15.4. The molecule has 0 spiro atoms. The minimum Gasteiger partial charge on any atom is -0.323 e. The van der Waals surface area contributed by atoms with E-state index >= 15 is 0 Å². The van der Waals surface area contributed by atoms with Crippen LogP contribution in [-0.4, -0.2) is 25.9 Å². The summed E-state index contributed by atoms with van der Waals surface area (Å²) in [5.41, 5.74) is 1.30. The van der Waals surface area contributed by atoms with Gasteiger partial charge in [0.25, 0.3) is 0 Å². The fourth-order valence-electron chi connectivity index (χ4n) is 2.98. The van der Waals surface area contributed by atoms with Crippen LogP contribution in [0.5, 0.6) is 0 Å². The molecule has 0 fully saturated rings. The van der Waals surface area contributed by atoms with Crippen LogP contribution in [0.3, 0.4) is 0 Å². The van der Waals surface area contributed by atoms with Gasteiger partial charge in [-0.3, -0.25) is 9.36 Å². The molecule has 1 N–H and O–H groups in total. The lowest BCUT2D eigenvalue weighted by Crippen LogP contribution is -2.23. The second-order valence-electron chi connectivity index (χ2n) is 6.86. The van der Waals surface area contributed by atoms with E-state index in [-0.39, 0.29) is 11.5 Å². The second-order valence-corrected chi connectivity index (χ2v) is 8.17. The standard InChI is InChI=1S/C23H17F3N4OS/c1-14(22(31)27-20-12-9-17(25)13-19(20)26)32-23-29-28-21(15-5-3-2-4-6-15)30(23)18-10-7-16(24)8-11-18/h2-14H,1H3,(H,27,31). The van der Waals surface area contributed by atoms with Crippen LogP contribution in [0.4, 0.5) is 18.9 Å². The van der Waals surface area contributed by atoms with E-state index < -0.39 is 22.8 Å². The summed E-state index contributed by atoms with van der Waals surface area (Å²) in [5, 5.41) is 10.7. The average molecular weight is 454 g/mol. The maximum atomic E-state index is 13.9. The highest BCUT2D eigenvalue weighted by molar-refractivity contribution is 8.00. The lowest BCUT2D eigenvalue weighted by molar-refractivity contribution is -0.115. The van der Waals surface area contributed by atoms with E-state index in [4.69, 9.17) is 0 Å². The van der Waals surface area contributed by atoms with E-state index in [1.807, 2.05) is 30.3 Å². The maximum absolute atomic E-state index is 13.9. The first kappa shape index (κ1) is 21.6. The first-order valence-corrected chi connectivity index (χ1v) is 10.5. The summed E-state index contributed by atoms with van der Waals surface area (Å²) >= 11 is 1.11. The number of carbonyl (C=O) groups is 1. The van der Waals surface area contributed by atoms with Crippen molar-refractivity contribution in [1.29, 1.82) is 0 Å². The molecule has 0 saturated carbocycles. The van der Waals surface area contributed by atoms with Crippen molar-refractivity contribution in [3.8, 4) is 17.1 Å². The number of anilines is 1. The van der Waals surface area contributed by atoms with Crippen LogP contribution in [0.2, 0.25) is 0 Å². The molecule has 0 bridgehead atoms. The normalized spacial score (nSPS) is 11.9. The Hall–Kier alpha value is -3.59. The maximum Gasteiger partial charge on any atom is 0.237 e. The molecule has 0 aliphatic carbocycles. The van der Waals surface area contributed by atoms with E-state index in [1.165, 1.54) is 12.1 Å². The minimum absolute atomic E-state index is 0.117. The molecule has 162 valence electrons. The minimum atomic E-state index is -0.864. The summed E-state index contributed by atoms with van der Waals surface area (Å²) in [5.74, 6) is -1.95. The average Bonchev–Trinajstić information content (AvgIpc) is 3.20. The molecule has 0 saturated heterocycles. The van der Waals surface area contributed by atoms with Crippen LogP contribution in [0, 0.1) is 17.5 Å². The summed E-state index contributed by atoms with van der Waals surface area (Å²) < 4.78 is 42.2. The summed E-state index contributed by atoms with van der Waals surface area (Å²) in [6.07, 6.45) is 0. The van der Waals surface area contributed by atoms with Gasteiger partial charge < -0.3 is 5.32 Å². The van der Waals surface area contributed by atoms with Gasteiger partial charge in [-0.05, 0) is 43.3 Å². The Morgan fingerprint density at radius 3 is 2.31 bits per heavy atom. The first-order valence-electron chi connectivity index (χ1n) is 9.62. The molecule has 9 heteroatoms. The van der Waals surface area contributed by atoms with Crippen molar-refractivity contribution in [2.24, 2.45) is 0 Å². The van der Waals surface area contributed by atoms with Gasteiger partial charge in [-0.2, -0.15) is 0 Å². The number of amides is 1. The Bertz CT molecular complexity index is 1250. The fraction of sp³-hybridized carbons (Fsp3) is 0.0870. The predicted octanol–water partition coefficient (Wildman–Crippen LogP) is 5.47. The van der Waals surface area contributed by atoms with Gasteiger partial charge in [0.05, 0.1) is 10.9 Å². The van der Waals surface area contributed by atoms with Gasteiger partial charge in [0.1, 0.15) is 17.5 Å². The summed E-state index contributed by atoms with van der Waals surface area (Å²) in [4.78, 5) is 12.6. The molecule has 0 aliphatic rings. The number of benzene rings is 3. The second kappa shape index (κ2) is 9.27. The topological polar surface area (TPSA) is 59.8 Å². The number of nitrogens with one attached hydrogen (secondary N) is 1. The smallest absolute Gasteiger partial charge is 0.237 e. The largest absolute Gasteiger partial charge is 0.323 e. The third-order valence-electron chi connectivity index (χ3n) is 4.59. The van der Waals surface area contributed by atoms with Gasteiger partial charge in [-0.15, -0.1) is 10.2 Å². The van der Waals surface area contributed by atoms with Gasteiger partial charge in [-0.25, -0.2) is 13.2 Å². The predicted molar refractivity (Wildman–Crippen MR) is 117 cm³/mol. The molecule has 32 heavy (non-hydrogen) atoms. The number of carbonyl (C=O) groups excluding carboxylic acids is 1. The van der Waals surface area contributed by atoms with Gasteiger partial charge in [0, 0.05) is 17.3 Å². The van der Waals surface area contributed by atoms with Crippen molar-refractivity contribution >= 4 is 23.4 Å². The van der Waals surface area contributed by atoms with Gasteiger partial charge in [0.2, 0.25) is 5.91 Å². The van der Waals surface area contributed by atoms with Crippen molar-refractivity contribution < 1.29 is 18.0 Å². The van der Waals surface area contributed by atoms with Crippen LogP contribution < -0.4 is 5.32 Å². The third kappa shape index (κ3) is 4.67. The molecule has 0 radical (unpaired) electrons. The SMILES string of the molecule is CC(Sc1nnc(-c2ccccc2)n1-c1ccc(F)cc1)C(=O)Nc1ccc(F)cc1F. The van der Waals surface area contributed by atoms with E-state index in [1.54, 1.807) is 23.6 Å². The molecule has 0 aliphatic heterocycles. The summed E-state index contributed by atoms with van der Waals surface area (Å²) in [7, 11) is 0. The van der Waals surface area contributed by atoms with Gasteiger partial charge in [0.15, 0.2) is 11.0 Å². The van der Waals surface area contributed by atoms with Gasteiger partial charge in [-0.1, -0.05) is 42.1 Å². The number of hydrogen-bond donors (Lipinski definition) is 1. The molecule has 1 atom stereocenters. The number of aromatic nitrogens is 3. The van der Waals surface area contributed by atoms with Crippen molar-refractivity contribution in [2.45, 2.75) is 17.3 Å². The summed E-state index contributed by atoms with van der Waals surface area (Å²) in [6.45, 7) is 1.63. The highest BCUT2D eigenvalue weighted by atomic mass is 32.2. The molecular weight excluding hydrogens is 437 g/mol. The Labute approximate surface area is 186 Å². The monoisotopic (exact) mass is 454 g/mol. The molecule has 1 amide bonds. The molecular formula is C23H17F3N4OS. The van der Waals surface area contributed by atoms with Crippen LogP contribution in [0.25, 0.3) is 17.1 Å². The van der Waals surface area contributed by atoms with E-state index in [0.29, 0.717) is 22.7 Å². The quantitative estimate of drug-likeness (QED) is 0.393. The number of thioether (sulfide) groups is 1. The summed E-state index contributed by atoms with van der Waals surface area (Å²) in [6, 6.07) is 18.1. The van der Waals surface area contributed by atoms with Crippen LogP contribution in [0.15, 0.2) is 78.0 Å². The van der Waals surface area contributed by atoms with E-state index in [0.717, 1.165) is 29.5 Å². The fourth-order valence-corrected chi connectivity index (χ4v) is 3.85. The molecule has 1 unspecified atom stereocenters. The van der Waals surface area contributed by atoms with E-state index in [2.05, 4.69) is 15.5 Å². The Balaban J connectivity index is 1.63. The Kier molecular flexibility index (Phi) is 6.27. The highest BCUT2D eigenvalue weighted by Crippen LogP contribution is 2.30. The van der Waals surface area contributed by atoms with E-state index in [9.17, 15) is 18.0 Å². The molecule has 4 aromatic rings. The molecule has 3 aromatic carbocycles. The number of rotatable bonds is 6. The lowest BCUT2D eigenvalue weighted by atomic mass is 10.2. The highest BCUT2D eigenvalue weighted by Gasteiger charge is 2.22. The zero-order chi connectivity index (χ0) is 22.7. The Morgan fingerprint density at radius 1 is 0.938 bits per heavy atom. The number of halogens is 3. The van der Waals surface area contributed by atoms with Crippen LogP contribution in [0.1, 0.15) is 6.92 Å². The van der Waals surface area contributed by atoms with Crippen LogP contribution in [-0.2, 0) is 4.79 Å².